The van der Waals surface area contributed by atoms with Crippen LogP contribution in [0.4, 0.5) is 11.4 Å². The van der Waals surface area contributed by atoms with Crippen molar-refractivity contribution >= 4 is 29.5 Å². The second-order valence-electron chi connectivity index (χ2n) is 3.39. The first kappa shape index (κ1) is 15.1. The van der Waals surface area contributed by atoms with Crippen molar-refractivity contribution in [3.63, 3.8) is 0 Å². The molecule has 0 aliphatic heterocycles. The third-order valence-corrected chi connectivity index (χ3v) is 2.05. The molecule has 1 aromatic carbocycles. The lowest BCUT2D eigenvalue weighted by Crippen LogP contribution is -2.08. The molecule has 0 saturated heterocycles. The van der Waals surface area contributed by atoms with E-state index in [2.05, 4.69) is 14.7 Å². The van der Waals surface area contributed by atoms with Gasteiger partial charge in [0.2, 0.25) is 0 Å². The molecule has 0 saturated carbocycles. The highest BCUT2D eigenvalue weighted by atomic mass is 16.7. The summed E-state index contributed by atoms with van der Waals surface area (Å²) < 4.78 is 4.52. The average Bonchev–Trinajstić information content (AvgIpc) is 2.38. The Labute approximate surface area is 113 Å². The van der Waals surface area contributed by atoms with Gasteiger partial charge in [-0.25, -0.2) is 9.59 Å². The van der Waals surface area contributed by atoms with Crippen LogP contribution in [0.15, 0.2) is 23.4 Å². The first-order chi connectivity index (χ1) is 9.45. The Morgan fingerprint density at radius 1 is 1.50 bits per heavy atom. The van der Waals surface area contributed by atoms with Gasteiger partial charge < -0.3 is 15.3 Å². The summed E-state index contributed by atoms with van der Waals surface area (Å²) in [5.74, 6) is -1.71. The van der Waals surface area contributed by atoms with Gasteiger partial charge in [0.25, 0.3) is 5.69 Å². The Bertz CT molecular complexity index is 569. The van der Waals surface area contributed by atoms with E-state index in [1.807, 2.05) is 0 Å². The molecule has 0 radical (unpaired) electrons. The van der Waals surface area contributed by atoms with Gasteiger partial charge in [0.1, 0.15) is 0 Å². The molecule has 0 atom stereocenters. The highest BCUT2D eigenvalue weighted by Gasteiger charge is 2.15. The number of hydrogen-bond acceptors (Lipinski definition) is 8. The van der Waals surface area contributed by atoms with E-state index in [-0.39, 0.29) is 23.5 Å². The minimum absolute atomic E-state index is 0.100. The summed E-state index contributed by atoms with van der Waals surface area (Å²) in [4.78, 5) is 36.7. The zero-order valence-electron chi connectivity index (χ0n) is 10.4. The third kappa shape index (κ3) is 4.05. The minimum Gasteiger partial charge on any atom is -0.462 e. The predicted octanol–water partition coefficient (Wildman–Crippen LogP) is 0.883. The molecule has 2 N–H and O–H groups in total. The van der Waals surface area contributed by atoms with Crippen LogP contribution in [-0.2, 0) is 14.4 Å². The van der Waals surface area contributed by atoms with Crippen molar-refractivity contribution < 1.29 is 24.1 Å². The van der Waals surface area contributed by atoms with Gasteiger partial charge in [0.15, 0.2) is 6.21 Å². The van der Waals surface area contributed by atoms with E-state index in [9.17, 15) is 19.7 Å². The average molecular weight is 281 g/mol. The van der Waals surface area contributed by atoms with E-state index in [4.69, 9.17) is 5.73 Å². The number of anilines is 1. The number of nitrogens with two attached hydrogens (primary N) is 1. The number of nitrogens with zero attached hydrogens (tertiary/aromatic N) is 2. The standard InChI is InChI=1S/C11H11N3O6/c1-2-19-10(15)6-13-20-11(16)8-4-3-7(14(17)18)5-9(8)12/h3-6H,2,12H2,1H3/b13-6+. The van der Waals surface area contributed by atoms with Crippen LogP contribution in [0.5, 0.6) is 0 Å². The Kier molecular flexibility index (Phi) is 5.15. The van der Waals surface area contributed by atoms with Gasteiger partial charge in [0.05, 0.1) is 22.8 Å². The molecule has 0 aromatic heterocycles. The molecule has 0 amide bonds. The number of esters is 1. The topological polar surface area (TPSA) is 134 Å². The molecule has 106 valence electrons. The van der Waals surface area contributed by atoms with Gasteiger partial charge >= 0.3 is 11.9 Å². The van der Waals surface area contributed by atoms with Crippen molar-refractivity contribution in [3.05, 3.63) is 33.9 Å². The van der Waals surface area contributed by atoms with E-state index in [0.29, 0.717) is 6.21 Å². The minimum atomic E-state index is -0.946. The van der Waals surface area contributed by atoms with Gasteiger partial charge in [0, 0.05) is 12.1 Å². The molecule has 0 bridgehead atoms. The fourth-order valence-corrected chi connectivity index (χ4v) is 1.20. The highest BCUT2D eigenvalue weighted by Crippen LogP contribution is 2.20. The van der Waals surface area contributed by atoms with Crippen molar-refractivity contribution in [2.24, 2.45) is 5.16 Å². The summed E-state index contributed by atoms with van der Waals surface area (Å²) in [5.41, 5.74) is 5.01. The normalized spacial score (nSPS) is 10.2. The number of nitrogen functional groups attached to an aromatic ring is 1. The Morgan fingerprint density at radius 3 is 2.75 bits per heavy atom. The summed E-state index contributed by atoms with van der Waals surface area (Å²) in [5, 5.41) is 13.6. The van der Waals surface area contributed by atoms with Crippen molar-refractivity contribution in [3.8, 4) is 0 Å². The molecule has 9 nitrogen and oxygen atoms in total. The number of non-ortho nitro benzene ring substituents is 1. The van der Waals surface area contributed by atoms with E-state index >= 15 is 0 Å². The molecule has 1 aromatic rings. The molecule has 0 fully saturated rings. The lowest BCUT2D eigenvalue weighted by atomic mass is 10.1. The smallest absolute Gasteiger partial charge is 0.367 e. The molecule has 20 heavy (non-hydrogen) atoms. The number of carbonyl (C=O) groups is 2. The lowest BCUT2D eigenvalue weighted by Gasteiger charge is -2.02. The van der Waals surface area contributed by atoms with Crippen LogP contribution in [0.25, 0.3) is 0 Å². The maximum atomic E-state index is 11.5. The highest BCUT2D eigenvalue weighted by molar-refractivity contribution is 6.23. The SMILES string of the molecule is CCOC(=O)/C=N/OC(=O)c1ccc([N+](=O)[O-])cc1N. The van der Waals surface area contributed by atoms with Crippen LogP contribution in [0.2, 0.25) is 0 Å². The summed E-state index contributed by atoms with van der Waals surface area (Å²) in [6.07, 6.45) is 0.684. The third-order valence-electron chi connectivity index (χ3n) is 2.05. The van der Waals surface area contributed by atoms with Crippen LogP contribution in [0.1, 0.15) is 17.3 Å². The van der Waals surface area contributed by atoms with Gasteiger partial charge in [-0.1, -0.05) is 5.16 Å². The molecule has 0 aliphatic carbocycles. The molecular weight excluding hydrogens is 270 g/mol. The van der Waals surface area contributed by atoms with Gasteiger partial charge in [-0.3, -0.25) is 10.1 Å². The maximum Gasteiger partial charge on any atom is 0.367 e. The summed E-state index contributed by atoms with van der Waals surface area (Å²) >= 11 is 0. The van der Waals surface area contributed by atoms with Crippen LogP contribution in [0.3, 0.4) is 0 Å². The Balaban J connectivity index is 2.73. The summed E-state index contributed by atoms with van der Waals surface area (Å²) in [7, 11) is 0. The van der Waals surface area contributed by atoms with Crippen LogP contribution in [0, 0.1) is 10.1 Å². The van der Waals surface area contributed by atoms with Crippen LogP contribution in [-0.4, -0.2) is 29.7 Å². The zero-order chi connectivity index (χ0) is 15.1. The Morgan fingerprint density at radius 2 is 2.20 bits per heavy atom. The van der Waals surface area contributed by atoms with Crippen molar-refractivity contribution in [1.29, 1.82) is 0 Å². The maximum absolute atomic E-state index is 11.5. The number of hydrogen-bond donors (Lipinski definition) is 1. The van der Waals surface area contributed by atoms with E-state index in [1.54, 1.807) is 6.92 Å². The molecule has 0 heterocycles. The van der Waals surface area contributed by atoms with Crippen molar-refractivity contribution in [2.45, 2.75) is 6.92 Å². The number of oxime groups is 1. The number of carbonyl (C=O) groups excluding carboxylic acids is 2. The van der Waals surface area contributed by atoms with Crippen LogP contribution >= 0.6 is 0 Å². The largest absolute Gasteiger partial charge is 0.462 e. The molecule has 0 aliphatic rings. The monoisotopic (exact) mass is 281 g/mol. The molecule has 1 rings (SSSR count). The number of nitro benzene ring substituents is 1. The second kappa shape index (κ2) is 6.83. The molecule has 9 heteroatoms. The molecule has 0 spiro atoms. The Hall–Kier alpha value is -2.97. The number of nitro groups is 1. The first-order valence-corrected chi connectivity index (χ1v) is 5.41. The van der Waals surface area contributed by atoms with E-state index in [1.165, 1.54) is 0 Å². The number of ether oxygens (including phenoxy) is 1. The number of benzene rings is 1. The summed E-state index contributed by atoms with van der Waals surface area (Å²) in [6.45, 7) is 1.77. The van der Waals surface area contributed by atoms with Gasteiger partial charge in [-0.05, 0) is 13.0 Å². The molecular formula is C11H11N3O6. The first-order valence-electron chi connectivity index (χ1n) is 5.41. The number of rotatable bonds is 5. The fourth-order valence-electron chi connectivity index (χ4n) is 1.20. The lowest BCUT2D eigenvalue weighted by molar-refractivity contribution is -0.384. The van der Waals surface area contributed by atoms with E-state index in [0.717, 1.165) is 18.2 Å². The fraction of sp³-hybridized carbons (Fsp3) is 0.182. The quantitative estimate of drug-likeness (QED) is 0.211. The van der Waals surface area contributed by atoms with Gasteiger partial charge in [-0.15, -0.1) is 0 Å². The van der Waals surface area contributed by atoms with Gasteiger partial charge in [-0.2, -0.15) is 0 Å². The summed E-state index contributed by atoms with van der Waals surface area (Å²) in [6, 6.07) is 3.25. The second-order valence-corrected chi connectivity index (χ2v) is 3.39. The zero-order valence-corrected chi connectivity index (χ0v) is 10.4. The van der Waals surface area contributed by atoms with Crippen molar-refractivity contribution in [1.82, 2.24) is 0 Å². The predicted molar refractivity (Wildman–Crippen MR) is 68.0 cm³/mol. The molecule has 0 unspecified atom stereocenters. The van der Waals surface area contributed by atoms with E-state index < -0.39 is 16.9 Å². The van der Waals surface area contributed by atoms with Crippen LogP contribution < -0.4 is 5.73 Å². The van der Waals surface area contributed by atoms with Crippen molar-refractivity contribution in [2.75, 3.05) is 12.3 Å².